The molecule has 1 amide bonds. The molecule has 0 saturated carbocycles. The van der Waals surface area contributed by atoms with Crippen molar-refractivity contribution >= 4 is 29.3 Å². The number of amides is 1. The first-order valence-electron chi connectivity index (χ1n) is 7.04. The van der Waals surface area contributed by atoms with E-state index in [1.165, 1.54) is 12.1 Å². The average molecular weight is 357 g/mol. The van der Waals surface area contributed by atoms with Gasteiger partial charge in [-0.1, -0.05) is 18.2 Å². The first-order valence-corrected chi connectivity index (χ1v) is 7.04. The number of nitro benzene ring substituents is 2. The first kappa shape index (κ1) is 18.3. The van der Waals surface area contributed by atoms with E-state index in [2.05, 4.69) is 5.32 Å². The fourth-order valence-electron chi connectivity index (χ4n) is 2.02. The molecule has 132 valence electrons. The summed E-state index contributed by atoms with van der Waals surface area (Å²) in [6.45, 7) is 0. The molecular formula is C16H11N3O7. The molecule has 0 aliphatic carbocycles. The lowest BCUT2D eigenvalue weighted by Gasteiger charge is -2.06. The van der Waals surface area contributed by atoms with E-state index in [1.54, 1.807) is 18.2 Å². The molecule has 2 aromatic carbocycles. The molecule has 0 aromatic heterocycles. The van der Waals surface area contributed by atoms with Gasteiger partial charge in [0.2, 0.25) is 0 Å². The van der Waals surface area contributed by atoms with Crippen LogP contribution in [0, 0.1) is 20.2 Å². The van der Waals surface area contributed by atoms with Gasteiger partial charge in [-0.3, -0.25) is 25.0 Å². The number of hydrogen-bond donors (Lipinski definition) is 2. The number of non-ortho nitro benzene ring substituents is 1. The third-order valence-electron chi connectivity index (χ3n) is 3.24. The summed E-state index contributed by atoms with van der Waals surface area (Å²) in [4.78, 5) is 43.6. The highest BCUT2D eigenvalue weighted by Gasteiger charge is 2.21. The van der Waals surface area contributed by atoms with Gasteiger partial charge >= 0.3 is 5.97 Å². The van der Waals surface area contributed by atoms with E-state index in [0.29, 0.717) is 6.07 Å². The number of hydrogen-bond acceptors (Lipinski definition) is 6. The number of nitrogens with one attached hydrogen (secondary N) is 1. The molecule has 10 heteroatoms. The fraction of sp³-hybridized carbons (Fsp3) is 0. The number of nitrogens with zero attached hydrogens (tertiary/aromatic N) is 2. The summed E-state index contributed by atoms with van der Waals surface area (Å²) in [5.74, 6) is -2.24. The minimum absolute atomic E-state index is 0.192. The Kier molecular flexibility index (Phi) is 5.38. The lowest BCUT2D eigenvalue weighted by Crippen LogP contribution is -2.27. The Bertz CT molecular complexity index is 923. The minimum Gasteiger partial charge on any atom is -0.477 e. The second-order valence-electron chi connectivity index (χ2n) is 4.94. The number of carbonyl (C=O) groups excluding carboxylic acids is 1. The van der Waals surface area contributed by atoms with Gasteiger partial charge in [0.05, 0.1) is 21.5 Å². The van der Waals surface area contributed by atoms with E-state index in [1.807, 2.05) is 0 Å². The highest BCUT2D eigenvalue weighted by Crippen LogP contribution is 2.26. The summed E-state index contributed by atoms with van der Waals surface area (Å²) in [5, 5.41) is 33.2. The standard InChI is InChI=1S/C16H11N3O7/c20-15(10-4-2-1-3-5-10)17-13(16(21)22)8-11-6-7-12(18(23)24)9-14(11)19(25)26/h1-9H,(H,17,20)(H,21,22)/b13-8+. The van der Waals surface area contributed by atoms with Crippen LogP contribution in [0.4, 0.5) is 11.4 Å². The van der Waals surface area contributed by atoms with Crippen LogP contribution in [0.1, 0.15) is 15.9 Å². The first-order chi connectivity index (χ1) is 12.3. The van der Waals surface area contributed by atoms with Crippen LogP contribution in [0.3, 0.4) is 0 Å². The molecule has 0 aliphatic rings. The number of carboxylic acids is 1. The SMILES string of the molecule is O=C(O)/C(=C\c1ccc([N+](=O)[O-])cc1[N+](=O)[O-])NC(=O)c1ccccc1. The third kappa shape index (κ3) is 4.26. The molecule has 0 atom stereocenters. The predicted octanol–water partition coefficient (Wildman–Crippen LogP) is 2.36. The van der Waals surface area contributed by atoms with Crippen molar-refractivity contribution in [3.05, 3.63) is 85.6 Å². The van der Waals surface area contributed by atoms with Crippen LogP contribution in [-0.2, 0) is 4.79 Å². The van der Waals surface area contributed by atoms with Crippen LogP contribution < -0.4 is 5.32 Å². The fourth-order valence-corrected chi connectivity index (χ4v) is 2.02. The molecule has 0 fully saturated rings. The van der Waals surface area contributed by atoms with E-state index in [9.17, 15) is 34.9 Å². The Morgan fingerprint density at radius 2 is 1.65 bits per heavy atom. The van der Waals surface area contributed by atoms with Gasteiger partial charge in [0.25, 0.3) is 17.3 Å². The van der Waals surface area contributed by atoms with E-state index >= 15 is 0 Å². The maximum Gasteiger partial charge on any atom is 0.352 e. The molecular weight excluding hydrogens is 346 g/mol. The van der Waals surface area contributed by atoms with Crippen molar-refractivity contribution in [3.63, 3.8) is 0 Å². The molecule has 26 heavy (non-hydrogen) atoms. The van der Waals surface area contributed by atoms with Crippen molar-refractivity contribution < 1.29 is 24.5 Å². The summed E-state index contributed by atoms with van der Waals surface area (Å²) in [7, 11) is 0. The molecule has 2 N–H and O–H groups in total. The van der Waals surface area contributed by atoms with Crippen molar-refractivity contribution in [3.8, 4) is 0 Å². The summed E-state index contributed by atoms with van der Waals surface area (Å²) in [6, 6.07) is 10.5. The van der Waals surface area contributed by atoms with Crippen LogP contribution in [0.15, 0.2) is 54.2 Å². The van der Waals surface area contributed by atoms with Crippen molar-refractivity contribution in [2.24, 2.45) is 0 Å². The zero-order valence-electron chi connectivity index (χ0n) is 13.0. The number of carbonyl (C=O) groups is 2. The number of aliphatic carboxylic acids is 1. The zero-order chi connectivity index (χ0) is 19.3. The highest BCUT2D eigenvalue weighted by atomic mass is 16.6. The van der Waals surface area contributed by atoms with Crippen LogP contribution in [0.25, 0.3) is 6.08 Å². The summed E-state index contributed by atoms with van der Waals surface area (Å²) < 4.78 is 0. The Morgan fingerprint density at radius 1 is 1.00 bits per heavy atom. The van der Waals surface area contributed by atoms with E-state index in [-0.39, 0.29) is 11.1 Å². The predicted molar refractivity (Wildman–Crippen MR) is 89.3 cm³/mol. The van der Waals surface area contributed by atoms with Crippen LogP contribution in [0.5, 0.6) is 0 Å². The second kappa shape index (κ2) is 7.66. The monoisotopic (exact) mass is 357 g/mol. The summed E-state index contributed by atoms with van der Waals surface area (Å²) in [5.41, 5.74) is -1.80. The lowest BCUT2D eigenvalue weighted by molar-refractivity contribution is -0.394. The van der Waals surface area contributed by atoms with E-state index < -0.39 is 38.8 Å². The molecule has 2 aromatic rings. The van der Waals surface area contributed by atoms with Gasteiger partial charge in [0.1, 0.15) is 5.70 Å². The Labute approximate surface area is 145 Å². The number of nitro groups is 2. The highest BCUT2D eigenvalue weighted by molar-refractivity contribution is 6.03. The zero-order valence-corrected chi connectivity index (χ0v) is 13.0. The molecule has 0 saturated heterocycles. The quantitative estimate of drug-likeness (QED) is 0.457. The van der Waals surface area contributed by atoms with Gasteiger partial charge in [-0.15, -0.1) is 0 Å². The van der Waals surface area contributed by atoms with E-state index in [0.717, 1.165) is 18.2 Å². The van der Waals surface area contributed by atoms with Crippen LogP contribution >= 0.6 is 0 Å². The van der Waals surface area contributed by atoms with Crippen LogP contribution in [0.2, 0.25) is 0 Å². The van der Waals surface area contributed by atoms with Gasteiger partial charge in [-0.25, -0.2) is 4.79 Å². The maximum absolute atomic E-state index is 12.1. The van der Waals surface area contributed by atoms with Crippen molar-refractivity contribution in [2.75, 3.05) is 0 Å². The van der Waals surface area contributed by atoms with Gasteiger partial charge in [-0.2, -0.15) is 0 Å². The normalized spacial score (nSPS) is 10.8. The van der Waals surface area contributed by atoms with Gasteiger partial charge in [0, 0.05) is 11.6 Å². The largest absolute Gasteiger partial charge is 0.477 e. The van der Waals surface area contributed by atoms with Gasteiger partial charge in [0.15, 0.2) is 0 Å². The van der Waals surface area contributed by atoms with Crippen molar-refractivity contribution in [1.29, 1.82) is 0 Å². The Morgan fingerprint density at radius 3 is 2.19 bits per heavy atom. The third-order valence-corrected chi connectivity index (χ3v) is 3.24. The molecule has 0 radical (unpaired) electrons. The molecule has 0 heterocycles. The summed E-state index contributed by atoms with van der Waals surface area (Å²) in [6.07, 6.45) is 0.866. The Balaban J connectivity index is 2.43. The number of carboxylic acid groups (broad SMARTS) is 1. The lowest BCUT2D eigenvalue weighted by atomic mass is 10.1. The maximum atomic E-state index is 12.1. The van der Waals surface area contributed by atoms with Gasteiger partial charge < -0.3 is 10.4 Å². The minimum atomic E-state index is -1.53. The molecule has 0 unspecified atom stereocenters. The molecule has 0 aliphatic heterocycles. The van der Waals surface area contributed by atoms with Crippen LogP contribution in [-0.4, -0.2) is 26.8 Å². The second-order valence-corrected chi connectivity index (χ2v) is 4.94. The average Bonchev–Trinajstić information content (AvgIpc) is 2.61. The molecule has 10 nitrogen and oxygen atoms in total. The smallest absolute Gasteiger partial charge is 0.352 e. The molecule has 0 bridgehead atoms. The number of rotatable bonds is 6. The number of benzene rings is 2. The van der Waals surface area contributed by atoms with Gasteiger partial charge in [-0.05, 0) is 24.3 Å². The van der Waals surface area contributed by atoms with Crippen molar-refractivity contribution in [2.45, 2.75) is 0 Å². The molecule has 2 rings (SSSR count). The topological polar surface area (TPSA) is 153 Å². The summed E-state index contributed by atoms with van der Waals surface area (Å²) >= 11 is 0. The van der Waals surface area contributed by atoms with E-state index in [4.69, 9.17) is 0 Å². The Hall–Kier alpha value is -4.08. The molecule has 0 spiro atoms. The van der Waals surface area contributed by atoms with Crippen molar-refractivity contribution in [1.82, 2.24) is 5.32 Å².